The van der Waals surface area contributed by atoms with Crippen molar-refractivity contribution in [1.29, 1.82) is 0 Å². The van der Waals surface area contributed by atoms with Crippen LogP contribution in [0.2, 0.25) is 15.1 Å². The van der Waals surface area contributed by atoms with Crippen LogP contribution in [-0.4, -0.2) is 11.9 Å². The number of nitrogens with one attached hydrogen (secondary N) is 2. The number of hydrogen-bond acceptors (Lipinski definition) is 2. The third-order valence-electron chi connectivity index (χ3n) is 2.47. The summed E-state index contributed by atoms with van der Waals surface area (Å²) in [4.78, 5) is 23.6. The molecular formula is C14H9Cl3N2O2. The summed E-state index contributed by atoms with van der Waals surface area (Å²) < 4.78 is 0. The maximum Gasteiger partial charge on any atom is 0.326 e. The Labute approximate surface area is 136 Å². The molecular weight excluding hydrogens is 335 g/mol. The molecule has 21 heavy (non-hydrogen) atoms. The summed E-state index contributed by atoms with van der Waals surface area (Å²) in [5.41, 5.74) is 0.579. The molecule has 0 heterocycles. The number of carbonyl (C=O) groups is 2. The van der Waals surface area contributed by atoms with Crippen molar-refractivity contribution in [2.24, 2.45) is 0 Å². The van der Waals surface area contributed by atoms with E-state index in [9.17, 15) is 9.59 Å². The number of hydrogen-bond donors (Lipinski definition) is 2. The standard InChI is InChI=1S/C14H9Cl3N2O2/c15-8-5-9(16)7-10(6-8)18-14(21)19-13(20)11-3-1-2-4-12(11)17/h1-7H,(H2,18,19,20,21). The van der Waals surface area contributed by atoms with E-state index in [1.54, 1.807) is 18.2 Å². The van der Waals surface area contributed by atoms with Crippen molar-refractivity contribution in [3.05, 3.63) is 63.1 Å². The second-order valence-electron chi connectivity index (χ2n) is 4.05. The maximum atomic E-state index is 11.9. The van der Waals surface area contributed by atoms with Gasteiger partial charge >= 0.3 is 6.03 Å². The fraction of sp³-hybridized carbons (Fsp3) is 0. The quantitative estimate of drug-likeness (QED) is 0.836. The third kappa shape index (κ3) is 4.36. The Balaban J connectivity index is 2.05. The van der Waals surface area contributed by atoms with Crippen LogP contribution in [-0.2, 0) is 0 Å². The smallest absolute Gasteiger partial charge is 0.308 e. The van der Waals surface area contributed by atoms with Crippen LogP contribution >= 0.6 is 34.8 Å². The largest absolute Gasteiger partial charge is 0.326 e. The lowest BCUT2D eigenvalue weighted by atomic mass is 10.2. The molecule has 0 radical (unpaired) electrons. The van der Waals surface area contributed by atoms with Crippen LogP contribution < -0.4 is 10.6 Å². The van der Waals surface area contributed by atoms with Crippen molar-refractivity contribution >= 4 is 52.4 Å². The first-order valence-corrected chi connectivity index (χ1v) is 6.92. The van der Waals surface area contributed by atoms with Crippen molar-refractivity contribution < 1.29 is 9.59 Å². The molecule has 2 rings (SSSR count). The van der Waals surface area contributed by atoms with Crippen LogP contribution in [0.1, 0.15) is 10.4 Å². The lowest BCUT2D eigenvalue weighted by Gasteiger charge is -2.08. The van der Waals surface area contributed by atoms with E-state index in [1.165, 1.54) is 24.3 Å². The van der Waals surface area contributed by atoms with E-state index in [2.05, 4.69) is 10.6 Å². The maximum absolute atomic E-state index is 11.9. The number of carbonyl (C=O) groups excluding carboxylic acids is 2. The first kappa shape index (κ1) is 15.6. The lowest BCUT2D eigenvalue weighted by Crippen LogP contribution is -2.34. The normalized spacial score (nSPS) is 10.0. The minimum absolute atomic E-state index is 0.207. The summed E-state index contributed by atoms with van der Waals surface area (Å²) in [6.07, 6.45) is 0. The minimum atomic E-state index is -0.710. The highest BCUT2D eigenvalue weighted by Gasteiger charge is 2.13. The molecule has 0 unspecified atom stereocenters. The number of rotatable bonds is 2. The van der Waals surface area contributed by atoms with Gasteiger partial charge in [-0.1, -0.05) is 46.9 Å². The molecule has 3 amide bonds. The van der Waals surface area contributed by atoms with Crippen molar-refractivity contribution in [2.45, 2.75) is 0 Å². The van der Waals surface area contributed by atoms with E-state index < -0.39 is 11.9 Å². The summed E-state index contributed by atoms with van der Waals surface area (Å²) in [6.45, 7) is 0. The lowest BCUT2D eigenvalue weighted by molar-refractivity contribution is 0.0967. The number of halogens is 3. The monoisotopic (exact) mass is 342 g/mol. The highest BCUT2D eigenvalue weighted by Crippen LogP contribution is 2.22. The predicted molar refractivity (Wildman–Crippen MR) is 84.4 cm³/mol. The van der Waals surface area contributed by atoms with Gasteiger partial charge in [-0.15, -0.1) is 0 Å². The van der Waals surface area contributed by atoms with E-state index in [0.29, 0.717) is 15.7 Å². The average Bonchev–Trinajstić information content (AvgIpc) is 2.37. The topological polar surface area (TPSA) is 58.2 Å². The van der Waals surface area contributed by atoms with Gasteiger partial charge < -0.3 is 5.32 Å². The van der Waals surface area contributed by atoms with Crippen molar-refractivity contribution in [1.82, 2.24) is 5.32 Å². The second kappa shape index (κ2) is 6.80. The van der Waals surface area contributed by atoms with Crippen molar-refractivity contribution in [2.75, 3.05) is 5.32 Å². The van der Waals surface area contributed by atoms with Crippen LogP contribution in [0.5, 0.6) is 0 Å². The predicted octanol–water partition coefficient (Wildman–Crippen LogP) is 4.61. The van der Waals surface area contributed by atoms with Gasteiger partial charge in [0.15, 0.2) is 0 Å². The number of anilines is 1. The minimum Gasteiger partial charge on any atom is -0.308 e. The van der Waals surface area contributed by atoms with E-state index in [-0.39, 0.29) is 10.6 Å². The van der Waals surface area contributed by atoms with Gasteiger partial charge in [-0.25, -0.2) is 4.79 Å². The van der Waals surface area contributed by atoms with Crippen LogP contribution in [0.4, 0.5) is 10.5 Å². The Morgan fingerprint density at radius 3 is 2.14 bits per heavy atom. The molecule has 0 saturated heterocycles. The van der Waals surface area contributed by atoms with Crippen LogP contribution in [0, 0.1) is 0 Å². The molecule has 2 N–H and O–H groups in total. The Hall–Kier alpha value is -1.75. The van der Waals surface area contributed by atoms with Gasteiger partial charge in [-0.2, -0.15) is 0 Å². The van der Waals surface area contributed by atoms with E-state index >= 15 is 0 Å². The number of benzene rings is 2. The highest BCUT2D eigenvalue weighted by atomic mass is 35.5. The molecule has 0 saturated carbocycles. The Morgan fingerprint density at radius 2 is 1.52 bits per heavy atom. The zero-order valence-corrected chi connectivity index (χ0v) is 12.8. The molecule has 2 aromatic rings. The molecule has 108 valence electrons. The van der Waals surface area contributed by atoms with Crippen molar-refractivity contribution in [3.8, 4) is 0 Å². The molecule has 0 atom stereocenters. The van der Waals surface area contributed by atoms with Gasteiger partial charge in [-0.3, -0.25) is 10.1 Å². The highest BCUT2D eigenvalue weighted by molar-refractivity contribution is 6.35. The van der Waals surface area contributed by atoms with Gasteiger partial charge in [0.05, 0.1) is 10.6 Å². The van der Waals surface area contributed by atoms with Crippen LogP contribution in [0.3, 0.4) is 0 Å². The average molecular weight is 344 g/mol. The molecule has 4 nitrogen and oxygen atoms in total. The summed E-state index contributed by atoms with van der Waals surface area (Å²) in [7, 11) is 0. The molecule has 0 spiro atoms. The number of amides is 3. The van der Waals surface area contributed by atoms with Crippen LogP contribution in [0.15, 0.2) is 42.5 Å². The van der Waals surface area contributed by atoms with Crippen molar-refractivity contribution in [3.63, 3.8) is 0 Å². The van der Waals surface area contributed by atoms with E-state index in [1.807, 2.05) is 0 Å². The summed E-state index contributed by atoms with van der Waals surface area (Å²) in [5.74, 6) is -0.605. The third-order valence-corrected chi connectivity index (χ3v) is 3.23. The zero-order valence-electron chi connectivity index (χ0n) is 10.5. The number of urea groups is 1. The molecule has 0 fully saturated rings. The molecule has 0 aliphatic rings. The Morgan fingerprint density at radius 1 is 0.905 bits per heavy atom. The van der Waals surface area contributed by atoms with E-state index in [0.717, 1.165) is 0 Å². The molecule has 0 aliphatic heterocycles. The van der Waals surface area contributed by atoms with E-state index in [4.69, 9.17) is 34.8 Å². The van der Waals surface area contributed by atoms with Gasteiger partial charge in [0.1, 0.15) is 0 Å². The summed E-state index contributed by atoms with van der Waals surface area (Å²) in [6, 6.07) is 10.2. The number of imide groups is 1. The van der Waals surface area contributed by atoms with Crippen LogP contribution in [0.25, 0.3) is 0 Å². The Kier molecular flexibility index (Phi) is 5.07. The molecule has 0 aliphatic carbocycles. The Bertz CT molecular complexity index is 684. The summed E-state index contributed by atoms with van der Waals surface area (Å²) in [5, 5.41) is 5.62. The second-order valence-corrected chi connectivity index (χ2v) is 5.33. The van der Waals surface area contributed by atoms with Gasteiger partial charge in [0, 0.05) is 15.7 Å². The SMILES string of the molecule is O=C(NC(=O)c1ccccc1Cl)Nc1cc(Cl)cc(Cl)c1. The van der Waals surface area contributed by atoms with Gasteiger partial charge in [-0.05, 0) is 30.3 Å². The fourth-order valence-electron chi connectivity index (χ4n) is 1.60. The molecule has 7 heteroatoms. The summed E-state index contributed by atoms with van der Waals surface area (Å²) >= 11 is 17.5. The fourth-order valence-corrected chi connectivity index (χ4v) is 2.35. The first-order chi connectivity index (χ1) is 9.95. The first-order valence-electron chi connectivity index (χ1n) is 5.78. The molecule has 2 aromatic carbocycles. The zero-order chi connectivity index (χ0) is 15.4. The van der Waals surface area contributed by atoms with Gasteiger partial charge in [0.25, 0.3) is 5.91 Å². The molecule has 0 aromatic heterocycles. The van der Waals surface area contributed by atoms with Gasteiger partial charge in [0.2, 0.25) is 0 Å². The molecule has 0 bridgehead atoms.